The van der Waals surface area contributed by atoms with Crippen molar-refractivity contribution in [2.24, 2.45) is 5.92 Å². The van der Waals surface area contributed by atoms with E-state index in [9.17, 15) is 4.79 Å². The van der Waals surface area contributed by atoms with Gasteiger partial charge in [0.15, 0.2) is 0 Å². The molecule has 2 nitrogen and oxygen atoms in total. The molecule has 0 aromatic heterocycles. The second-order valence-corrected chi connectivity index (χ2v) is 3.57. The van der Waals surface area contributed by atoms with Gasteiger partial charge in [0.05, 0.1) is 5.92 Å². The van der Waals surface area contributed by atoms with Gasteiger partial charge in [-0.2, -0.15) is 0 Å². The van der Waals surface area contributed by atoms with Gasteiger partial charge in [-0.3, -0.25) is 4.79 Å². The van der Waals surface area contributed by atoms with Crippen molar-refractivity contribution in [2.45, 2.75) is 24.1 Å². The van der Waals surface area contributed by atoms with E-state index in [2.05, 4.69) is 15.9 Å². The third kappa shape index (κ3) is 1.45. The molecule has 0 saturated heterocycles. The first kappa shape index (κ1) is 7.06. The van der Waals surface area contributed by atoms with Crippen molar-refractivity contribution in [1.29, 1.82) is 0 Å². The Morgan fingerprint density at radius 3 is 2.44 bits per heavy atom. The zero-order chi connectivity index (χ0) is 6.85. The van der Waals surface area contributed by atoms with Gasteiger partial charge in [-0.15, -0.1) is 0 Å². The Hall–Kier alpha value is -0.0500. The number of carboxylic acids is 1. The van der Waals surface area contributed by atoms with Gasteiger partial charge in [0.25, 0.3) is 0 Å². The van der Waals surface area contributed by atoms with E-state index in [1.165, 1.54) is 0 Å². The molecule has 2 unspecified atom stereocenters. The average molecular weight is 193 g/mol. The van der Waals surface area contributed by atoms with E-state index in [4.69, 9.17) is 5.11 Å². The highest BCUT2D eigenvalue weighted by atomic mass is 79.9. The maximum absolute atomic E-state index is 10.4. The molecular weight excluding hydrogens is 184 g/mol. The number of carboxylic acid groups (broad SMARTS) is 1. The average Bonchev–Trinajstić information content (AvgIpc) is 2.13. The van der Waals surface area contributed by atoms with Crippen molar-refractivity contribution in [1.82, 2.24) is 0 Å². The summed E-state index contributed by atoms with van der Waals surface area (Å²) in [5.41, 5.74) is 0. The van der Waals surface area contributed by atoms with Crippen molar-refractivity contribution >= 4 is 21.9 Å². The number of hydrogen-bond acceptors (Lipinski definition) is 1. The van der Waals surface area contributed by atoms with Crippen molar-refractivity contribution in [3.05, 3.63) is 0 Å². The van der Waals surface area contributed by atoms with Gasteiger partial charge < -0.3 is 5.11 Å². The Morgan fingerprint density at radius 1 is 1.56 bits per heavy atom. The van der Waals surface area contributed by atoms with Gasteiger partial charge >= 0.3 is 5.97 Å². The molecule has 2 atom stereocenters. The third-order valence-corrected chi connectivity index (χ3v) is 2.84. The van der Waals surface area contributed by atoms with E-state index < -0.39 is 5.97 Å². The Kier molecular flexibility index (Phi) is 2.11. The number of rotatable bonds is 1. The number of alkyl halides is 1. The van der Waals surface area contributed by atoms with Crippen LogP contribution in [-0.2, 0) is 4.79 Å². The lowest BCUT2D eigenvalue weighted by Crippen LogP contribution is -2.17. The van der Waals surface area contributed by atoms with E-state index in [-0.39, 0.29) is 10.7 Å². The van der Waals surface area contributed by atoms with Gasteiger partial charge in [0, 0.05) is 4.83 Å². The van der Waals surface area contributed by atoms with Crippen LogP contribution in [0.4, 0.5) is 0 Å². The molecule has 0 heterocycles. The summed E-state index contributed by atoms with van der Waals surface area (Å²) in [5, 5.41) is 8.55. The molecule has 1 aliphatic carbocycles. The van der Waals surface area contributed by atoms with Gasteiger partial charge in [-0.1, -0.05) is 22.4 Å². The summed E-state index contributed by atoms with van der Waals surface area (Å²) >= 11 is 3.32. The summed E-state index contributed by atoms with van der Waals surface area (Å²) in [6.07, 6.45) is 2.90. The first-order valence-electron chi connectivity index (χ1n) is 3.08. The van der Waals surface area contributed by atoms with Crippen LogP contribution in [0.3, 0.4) is 0 Å². The number of halogens is 1. The summed E-state index contributed by atoms with van der Waals surface area (Å²) in [6.45, 7) is 0. The molecule has 9 heavy (non-hydrogen) atoms. The molecule has 3 heteroatoms. The molecule has 0 aromatic carbocycles. The maximum Gasteiger partial charge on any atom is 0.307 e. The van der Waals surface area contributed by atoms with Crippen molar-refractivity contribution in [3.63, 3.8) is 0 Å². The molecule has 1 N–H and O–H groups in total. The second-order valence-electron chi connectivity index (χ2n) is 2.39. The molecular formula is C6H9BrO2. The molecule has 0 radical (unpaired) electrons. The van der Waals surface area contributed by atoms with Crippen LogP contribution in [-0.4, -0.2) is 15.9 Å². The van der Waals surface area contributed by atoms with Crippen LogP contribution in [0.5, 0.6) is 0 Å². The normalized spacial score (nSPS) is 34.8. The van der Waals surface area contributed by atoms with Gasteiger partial charge in [-0.05, 0) is 12.8 Å². The summed E-state index contributed by atoms with van der Waals surface area (Å²) < 4.78 is 0. The molecule has 1 rings (SSSR count). The van der Waals surface area contributed by atoms with Crippen LogP contribution in [0.2, 0.25) is 0 Å². The summed E-state index contributed by atoms with van der Waals surface area (Å²) in [4.78, 5) is 10.6. The fourth-order valence-electron chi connectivity index (χ4n) is 1.19. The number of carbonyl (C=O) groups is 1. The van der Waals surface area contributed by atoms with Crippen LogP contribution in [0.15, 0.2) is 0 Å². The molecule has 1 fully saturated rings. The van der Waals surface area contributed by atoms with E-state index in [1.54, 1.807) is 0 Å². The van der Waals surface area contributed by atoms with E-state index in [0.29, 0.717) is 0 Å². The monoisotopic (exact) mass is 192 g/mol. The minimum absolute atomic E-state index is 0.134. The fourth-order valence-corrected chi connectivity index (χ4v) is 2.01. The van der Waals surface area contributed by atoms with Crippen LogP contribution >= 0.6 is 15.9 Å². The number of hydrogen-bond donors (Lipinski definition) is 1. The quantitative estimate of drug-likeness (QED) is 0.642. The van der Waals surface area contributed by atoms with Crippen molar-refractivity contribution in [2.75, 3.05) is 0 Å². The third-order valence-electron chi connectivity index (χ3n) is 1.75. The molecule has 52 valence electrons. The lowest BCUT2D eigenvalue weighted by Gasteiger charge is -2.05. The standard InChI is InChI=1S/C6H9BrO2/c7-5-3-1-2-4(5)6(8)9/h4-5H,1-3H2,(H,8,9). The SMILES string of the molecule is O=C(O)C1CCCC1Br. The predicted octanol–water partition coefficient (Wildman–Crippen LogP) is 1.63. The van der Waals surface area contributed by atoms with E-state index in [0.717, 1.165) is 19.3 Å². The smallest absolute Gasteiger partial charge is 0.307 e. The summed E-state index contributed by atoms with van der Waals surface area (Å²) in [6, 6.07) is 0. The Bertz CT molecular complexity index is 124. The Labute approximate surface area is 62.4 Å². The van der Waals surface area contributed by atoms with Gasteiger partial charge in [-0.25, -0.2) is 0 Å². The predicted molar refractivity (Wildman–Crippen MR) is 37.7 cm³/mol. The van der Waals surface area contributed by atoms with E-state index >= 15 is 0 Å². The highest BCUT2D eigenvalue weighted by Crippen LogP contribution is 2.31. The highest BCUT2D eigenvalue weighted by molar-refractivity contribution is 9.09. The summed E-state index contributed by atoms with van der Waals surface area (Å²) in [7, 11) is 0. The largest absolute Gasteiger partial charge is 0.481 e. The first-order valence-corrected chi connectivity index (χ1v) is 4.00. The lowest BCUT2D eigenvalue weighted by molar-refractivity contribution is -0.141. The zero-order valence-corrected chi connectivity index (χ0v) is 6.60. The van der Waals surface area contributed by atoms with Crippen molar-refractivity contribution in [3.8, 4) is 0 Å². The van der Waals surface area contributed by atoms with Crippen LogP contribution < -0.4 is 0 Å². The van der Waals surface area contributed by atoms with Crippen LogP contribution in [0, 0.1) is 5.92 Å². The first-order chi connectivity index (χ1) is 4.22. The fraction of sp³-hybridized carbons (Fsp3) is 0.833. The number of aliphatic carboxylic acids is 1. The topological polar surface area (TPSA) is 37.3 Å². The van der Waals surface area contributed by atoms with Crippen LogP contribution in [0.1, 0.15) is 19.3 Å². The lowest BCUT2D eigenvalue weighted by atomic mass is 10.1. The minimum atomic E-state index is -0.658. The molecule has 1 saturated carbocycles. The van der Waals surface area contributed by atoms with Gasteiger partial charge in [0.2, 0.25) is 0 Å². The zero-order valence-electron chi connectivity index (χ0n) is 5.01. The molecule has 0 bridgehead atoms. The maximum atomic E-state index is 10.4. The Balaban J connectivity index is 2.49. The highest BCUT2D eigenvalue weighted by Gasteiger charge is 2.30. The molecule has 0 aromatic rings. The summed E-state index contributed by atoms with van der Waals surface area (Å²) in [5.74, 6) is -0.792. The molecule has 0 amide bonds. The minimum Gasteiger partial charge on any atom is -0.481 e. The molecule has 1 aliphatic rings. The second kappa shape index (κ2) is 2.69. The van der Waals surface area contributed by atoms with Crippen molar-refractivity contribution < 1.29 is 9.90 Å². The van der Waals surface area contributed by atoms with E-state index in [1.807, 2.05) is 0 Å². The Morgan fingerprint density at radius 2 is 2.22 bits per heavy atom. The molecule has 0 spiro atoms. The van der Waals surface area contributed by atoms with Gasteiger partial charge in [0.1, 0.15) is 0 Å². The molecule has 0 aliphatic heterocycles. The van der Waals surface area contributed by atoms with Crippen LogP contribution in [0.25, 0.3) is 0 Å².